The van der Waals surface area contributed by atoms with E-state index < -0.39 is 4.92 Å². The molecule has 2 N–H and O–H groups in total. The van der Waals surface area contributed by atoms with E-state index in [2.05, 4.69) is 4.98 Å². The standard InChI is InChI=1S/C11H13N5O2/c12-5-8-4-10(16(17)18)6-14-11(8)15-3-1-2-9(13)7-15/h4,6,9H,1-3,7,13H2. The van der Waals surface area contributed by atoms with Crippen LogP contribution < -0.4 is 10.6 Å². The molecule has 1 unspecified atom stereocenters. The lowest BCUT2D eigenvalue weighted by Crippen LogP contribution is -2.43. The van der Waals surface area contributed by atoms with E-state index in [1.807, 2.05) is 11.0 Å². The molecule has 0 spiro atoms. The molecule has 1 aromatic rings. The van der Waals surface area contributed by atoms with Crippen LogP contribution in [0.3, 0.4) is 0 Å². The van der Waals surface area contributed by atoms with Gasteiger partial charge >= 0.3 is 0 Å². The van der Waals surface area contributed by atoms with E-state index in [0.29, 0.717) is 12.4 Å². The van der Waals surface area contributed by atoms with Crippen LogP contribution in [0.5, 0.6) is 0 Å². The SMILES string of the molecule is N#Cc1cc([N+](=O)[O-])cnc1N1CCCC(N)C1. The Bertz CT molecular complexity index is 511. The largest absolute Gasteiger partial charge is 0.354 e. The fraction of sp³-hybridized carbons (Fsp3) is 0.455. The number of nitrogens with zero attached hydrogens (tertiary/aromatic N) is 4. The fourth-order valence-corrected chi connectivity index (χ4v) is 2.08. The van der Waals surface area contributed by atoms with E-state index in [0.717, 1.165) is 19.4 Å². The Labute approximate surface area is 104 Å². The quantitative estimate of drug-likeness (QED) is 0.611. The molecule has 1 aliphatic heterocycles. The molecule has 0 aliphatic carbocycles. The molecule has 1 atom stereocenters. The lowest BCUT2D eigenvalue weighted by Gasteiger charge is -2.31. The molecule has 0 amide bonds. The van der Waals surface area contributed by atoms with Crippen molar-refractivity contribution in [2.24, 2.45) is 5.73 Å². The van der Waals surface area contributed by atoms with Gasteiger partial charge in [0, 0.05) is 25.2 Å². The third kappa shape index (κ3) is 2.38. The molecule has 0 aromatic carbocycles. The van der Waals surface area contributed by atoms with Crippen molar-refractivity contribution < 1.29 is 4.92 Å². The first-order valence-electron chi connectivity index (χ1n) is 5.67. The van der Waals surface area contributed by atoms with Crippen LogP contribution in [0.15, 0.2) is 12.3 Å². The van der Waals surface area contributed by atoms with Crippen LogP contribution in [0.4, 0.5) is 11.5 Å². The summed E-state index contributed by atoms with van der Waals surface area (Å²) in [5.74, 6) is 0.484. The molecular formula is C11H13N5O2. The minimum Gasteiger partial charge on any atom is -0.354 e. The second kappa shape index (κ2) is 4.98. The second-order valence-corrected chi connectivity index (χ2v) is 4.28. The van der Waals surface area contributed by atoms with Crippen molar-refractivity contribution in [1.82, 2.24) is 4.98 Å². The molecule has 18 heavy (non-hydrogen) atoms. The van der Waals surface area contributed by atoms with Crippen LogP contribution in [0, 0.1) is 21.4 Å². The van der Waals surface area contributed by atoms with E-state index in [1.165, 1.54) is 12.3 Å². The van der Waals surface area contributed by atoms with Gasteiger partial charge in [0.1, 0.15) is 23.6 Å². The number of nitro groups is 1. The molecule has 0 radical (unpaired) electrons. The number of nitrogens with two attached hydrogens (primary N) is 1. The van der Waals surface area contributed by atoms with Crippen molar-refractivity contribution in [2.45, 2.75) is 18.9 Å². The lowest BCUT2D eigenvalue weighted by molar-refractivity contribution is -0.385. The van der Waals surface area contributed by atoms with Crippen molar-refractivity contribution >= 4 is 11.5 Å². The lowest BCUT2D eigenvalue weighted by atomic mass is 10.1. The van der Waals surface area contributed by atoms with Crippen molar-refractivity contribution in [2.75, 3.05) is 18.0 Å². The summed E-state index contributed by atoms with van der Waals surface area (Å²) in [6.45, 7) is 1.40. The van der Waals surface area contributed by atoms with Gasteiger partial charge in [0.05, 0.1) is 4.92 Å². The van der Waals surface area contributed by atoms with Crippen molar-refractivity contribution in [3.05, 3.63) is 27.9 Å². The molecule has 1 aromatic heterocycles. The number of pyridine rings is 1. The summed E-state index contributed by atoms with van der Waals surface area (Å²) in [5.41, 5.74) is 5.92. The number of rotatable bonds is 2. The van der Waals surface area contributed by atoms with Gasteiger partial charge in [-0.2, -0.15) is 5.26 Å². The Morgan fingerprint density at radius 1 is 1.67 bits per heavy atom. The highest BCUT2D eigenvalue weighted by Crippen LogP contribution is 2.24. The number of anilines is 1. The smallest absolute Gasteiger partial charge is 0.289 e. The van der Waals surface area contributed by atoms with Gasteiger partial charge in [-0.15, -0.1) is 0 Å². The predicted octanol–water partition coefficient (Wildman–Crippen LogP) is 0.789. The Hall–Kier alpha value is -2.20. The number of nitriles is 1. The average molecular weight is 247 g/mol. The third-order valence-corrected chi connectivity index (χ3v) is 2.94. The number of aromatic nitrogens is 1. The maximum absolute atomic E-state index is 10.6. The van der Waals surface area contributed by atoms with Crippen LogP contribution in [0.1, 0.15) is 18.4 Å². The zero-order chi connectivity index (χ0) is 13.1. The molecule has 1 aliphatic rings. The second-order valence-electron chi connectivity index (χ2n) is 4.28. The molecule has 1 saturated heterocycles. The summed E-state index contributed by atoms with van der Waals surface area (Å²) in [6, 6.07) is 3.26. The van der Waals surface area contributed by atoms with E-state index in [1.54, 1.807) is 0 Å². The highest BCUT2D eigenvalue weighted by molar-refractivity contribution is 5.57. The van der Waals surface area contributed by atoms with E-state index in [9.17, 15) is 10.1 Å². The number of piperidine rings is 1. The zero-order valence-corrected chi connectivity index (χ0v) is 9.74. The average Bonchev–Trinajstić information content (AvgIpc) is 2.37. The minimum atomic E-state index is -0.556. The van der Waals surface area contributed by atoms with Gasteiger partial charge in [0.2, 0.25) is 0 Å². The maximum atomic E-state index is 10.6. The van der Waals surface area contributed by atoms with E-state index >= 15 is 0 Å². The van der Waals surface area contributed by atoms with Gasteiger partial charge in [-0.05, 0) is 12.8 Å². The van der Waals surface area contributed by atoms with Crippen LogP contribution in [-0.4, -0.2) is 29.0 Å². The summed E-state index contributed by atoms with van der Waals surface area (Å²) in [7, 11) is 0. The topological polar surface area (TPSA) is 109 Å². The van der Waals surface area contributed by atoms with Gasteiger partial charge in [0.25, 0.3) is 5.69 Å². The molecule has 0 bridgehead atoms. The molecule has 0 saturated carbocycles. The summed E-state index contributed by atoms with van der Waals surface area (Å²) >= 11 is 0. The van der Waals surface area contributed by atoms with Gasteiger partial charge in [0.15, 0.2) is 0 Å². The minimum absolute atomic E-state index is 0.0577. The fourth-order valence-electron chi connectivity index (χ4n) is 2.08. The molecule has 1 fully saturated rings. The van der Waals surface area contributed by atoms with E-state index in [-0.39, 0.29) is 17.3 Å². The highest BCUT2D eigenvalue weighted by Gasteiger charge is 2.22. The van der Waals surface area contributed by atoms with Crippen LogP contribution >= 0.6 is 0 Å². The number of hydrogen-bond donors (Lipinski definition) is 1. The maximum Gasteiger partial charge on any atom is 0.289 e. The first-order chi connectivity index (χ1) is 8.61. The molecule has 7 nitrogen and oxygen atoms in total. The van der Waals surface area contributed by atoms with Crippen molar-refractivity contribution in [1.29, 1.82) is 5.26 Å². The third-order valence-electron chi connectivity index (χ3n) is 2.94. The van der Waals surface area contributed by atoms with Crippen molar-refractivity contribution in [3.8, 4) is 6.07 Å². The Morgan fingerprint density at radius 3 is 3.06 bits per heavy atom. The first kappa shape index (κ1) is 12.3. The van der Waals surface area contributed by atoms with Crippen LogP contribution in [-0.2, 0) is 0 Å². The Kier molecular flexibility index (Phi) is 3.39. The molecular weight excluding hydrogens is 234 g/mol. The van der Waals surface area contributed by atoms with Crippen LogP contribution in [0.2, 0.25) is 0 Å². The zero-order valence-electron chi connectivity index (χ0n) is 9.74. The summed E-state index contributed by atoms with van der Waals surface area (Å²) in [5, 5.41) is 19.7. The molecule has 7 heteroatoms. The van der Waals surface area contributed by atoms with Gasteiger partial charge in [-0.1, -0.05) is 0 Å². The monoisotopic (exact) mass is 247 g/mol. The Morgan fingerprint density at radius 2 is 2.44 bits per heavy atom. The number of hydrogen-bond acceptors (Lipinski definition) is 6. The molecule has 2 rings (SSSR count). The Balaban J connectivity index is 2.33. The predicted molar refractivity (Wildman–Crippen MR) is 65.0 cm³/mol. The van der Waals surface area contributed by atoms with Gasteiger partial charge in [-0.3, -0.25) is 10.1 Å². The summed E-state index contributed by atoms with van der Waals surface area (Å²) < 4.78 is 0. The van der Waals surface area contributed by atoms with E-state index in [4.69, 9.17) is 11.0 Å². The molecule has 2 heterocycles. The van der Waals surface area contributed by atoms with Gasteiger partial charge in [-0.25, -0.2) is 4.98 Å². The summed E-state index contributed by atoms with van der Waals surface area (Å²) in [4.78, 5) is 16.0. The van der Waals surface area contributed by atoms with Gasteiger partial charge < -0.3 is 10.6 Å². The normalized spacial score (nSPS) is 19.3. The van der Waals surface area contributed by atoms with Crippen molar-refractivity contribution in [3.63, 3.8) is 0 Å². The summed E-state index contributed by atoms with van der Waals surface area (Å²) in [6.07, 6.45) is 3.06. The first-order valence-corrected chi connectivity index (χ1v) is 5.67. The molecule has 94 valence electrons. The highest BCUT2D eigenvalue weighted by atomic mass is 16.6. The van der Waals surface area contributed by atoms with Crippen LogP contribution in [0.25, 0.3) is 0 Å².